The zero-order valence-corrected chi connectivity index (χ0v) is 17.1. The summed E-state index contributed by atoms with van der Waals surface area (Å²) in [5.74, 6) is -0.126. The van der Waals surface area contributed by atoms with Crippen LogP contribution in [0.4, 0.5) is 9.18 Å². The molecule has 1 N–H and O–H groups in total. The van der Waals surface area contributed by atoms with E-state index in [1.54, 1.807) is 6.07 Å². The summed E-state index contributed by atoms with van der Waals surface area (Å²) in [5.41, 5.74) is 1.90. The number of nitrogens with zero attached hydrogens (tertiary/aromatic N) is 3. The highest BCUT2D eigenvalue weighted by Crippen LogP contribution is 2.37. The summed E-state index contributed by atoms with van der Waals surface area (Å²) in [5, 5.41) is 2.97. The number of hydrogen-bond donors (Lipinski definition) is 1. The molecule has 0 radical (unpaired) electrons. The van der Waals surface area contributed by atoms with Crippen molar-refractivity contribution in [3.63, 3.8) is 0 Å². The summed E-state index contributed by atoms with van der Waals surface area (Å²) >= 11 is 0. The zero-order chi connectivity index (χ0) is 21.4. The summed E-state index contributed by atoms with van der Waals surface area (Å²) in [7, 11) is 1.43. The van der Waals surface area contributed by atoms with Gasteiger partial charge in [0.05, 0.1) is 13.4 Å². The van der Waals surface area contributed by atoms with Crippen LogP contribution in [0.1, 0.15) is 31.2 Å². The van der Waals surface area contributed by atoms with E-state index in [2.05, 4.69) is 20.2 Å². The molecule has 2 aliphatic rings. The first kappa shape index (κ1) is 19.7. The second-order valence-electron chi connectivity index (χ2n) is 8.04. The van der Waals surface area contributed by atoms with Gasteiger partial charge in [-0.25, -0.2) is 14.2 Å². The molecule has 0 saturated carbocycles. The fourth-order valence-electron chi connectivity index (χ4n) is 4.69. The van der Waals surface area contributed by atoms with E-state index in [4.69, 9.17) is 13.9 Å². The molecule has 2 saturated heterocycles. The molecule has 1 amide bonds. The Hall–Kier alpha value is -3.20. The Bertz CT molecular complexity index is 1070. The molecule has 2 fully saturated rings. The summed E-state index contributed by atoms with van der Waals surface area (Å²) < 4.78 is 28.9. The molecular weight excluding hydrogens is 403 g/mol. The monoisotopic (exact) mass is 426 g/mol. The van der Waals surface area contributed by atoms with Gasteiger partial charge in [0.1, 0.15) is 11.3 Å². The first-order valence-corrected chi connectivity index (χ1v) is 10.4. The fraction of sp³-hybridized carbons (Fsp3) is 0.409. The number of nitrogens with one attached hydrogen (secondary N) is 1. The van der Waals surface area contributed by atoms with Crippen LogP contribution in [0.3, 0.4) is 0 Å². The van der Waals surface area contributed by atoms with E-state index in [1.165, 1.54) is 25.5 Å². The van der Waals surface area contributed by atoms with Crippen molar-refractivity contribution in [1.82, 2.24) is 20.2 Å². The van der Waals surface area contributed by atoms with Crippen molar-refractivity contribution >= 4 is 17.3 Å². The van der Waals surface area contributed by atoms with Crippen LogP contribution in [-0.4, -0.2) is 46.2 Å². The quantitative estimate of drug-likeness (QED) is 0.666. The number of aromatic nitrogens is 2. The maximum atomic E-state index is 13.2. The van der Waals surface area contributed by atoms with Crippen LogP contribution in [0.2, 0.25) is 0 Å². The molecule has 0 spiro atoms. The minimum absolute atomic E-state index is 0.00520. The van der Waals surface area contributed by atoms with Crippen LogP contribution in [0.5, 0.6) is 11.8 Å². The van der Waals surface area contributed by atoms with Crippen molar-refractivity contribution in [3.8, 4) is 11.8 Å². The second kappa shape index (κ2) is 8.14. The molecule has 2 unspecified atom stereocenters. The summed E-state index contributed by atoms with van der Waals surface area (Å²) in [6.07, 6.45) is 4.76. The predicted octanol–water partition coefficient (Wildman–Crippen LogP) is 3.65. The van der Waals surface area contributed by atoms with E-state index in [1.807, 2.05) is 12.1 Å². The van der Waals surface area contributed by atoms with Gasteiger partial charge in [-0.1, -0.05) is 12.1 Å². The number of piperidine rings is 1. The van der Waals surface area contributed by atoms with E-state index in [-0.39, 0.29) is 23.6 Å². The van der Waals surface area contributed by atoms with Gasteiger partial charge in [-0.05, 0) is 43.4 Å². The van der Waals surface area contributed by atoms with E-state index in [9.17, 15) is 9.18 Å². The Morgan fingerprint density at radius 3 is 2.61 bits per heavy atom. The number of ether oxygens (including phenoxy) is 2. The van der Waals surface area contributed by atoms with Crippen molar-refractivity contribution in [2.75, 3.05) is 7.11 Å². The number of hydrogen-bond acceptors (Lipinski definition) is 7. The Balaban J connectivity index is 1.21. The highest BCUT2D eigenvalue weighted by Gasteiger charge is 2.41. The SMILES string of the molecule is COc1nc2occc2nc1OC(=O)NC1CC2CCC(C1)N2Cc1ccc(F)cc1. The van der Waals surface area contributed by atoms with E-state index < -0.39 is 6.09 Å². The van der Waals surface area contributed by atoms with Gasteiger partial charge in [0.15, 0.2) is 0 Å². The van der Waals surface area contributed by atoms with Crippen molar-refractivity contribution in [2.24, 2.45) is 0 Å². The van der Waals surface area contributed by atoms with E-state index in [0.717, 1.165) is 37.8 Å². The van der Waals surface area contributed by atoms with E-state index in [0.29, 0.717) is 23.3 Å². The summed E-state index contributed by atoms with van der Waals surface area (Å²) in [4.78, 5) is 23.4. The number of rotatable bonds is 5. The molecule has 3 aromatic rings. The molecule has 8 nitrogen and oxygen atoms in total. The lowest BCUT2D eigenvalue weighted by Gasteiger charge is -2.39. The van der Waals surface area contributed by atoms with Gasteiger partial charge < -0.3 is 19.2 Å². The van der Waals surface area contributed by atoms with Crippen LogP contribution in [0, 0.1) is 5.82 Å². The lowest BCUT2D eigenvalue weighted by molar-refractivity contribution is 0.107. The van der Waals surface area contributed by atoms with Gasteiger partial charge in [-0.15, -0.1) is 0 Å². The molecular formula is C22H23FN4O4. The Morgan fingerprint density at radius 1 is 1.16 bits per heavy atom. The molecule has 162 valence electrons. The number of carbonyl (C=O) groups excluding carboxylic acids is 1. The molecule has 9 heteroatoms. The number of amides is 1. The van der Waals surface area contributed by atoms with Gasteiger partial charge in [0.25, 0.3) is 11.8 Å². The third-order valence-corrected chi connectivity index (χ3v) is 6.10. The van der Waals surface area contributed by atoms with E-state index >= 15 is 0 Å². The van der Waals surface area contributed by atoms with Crippen LogP contribution in [0.15, 0.2) is 41.0 Å². The minimum Gasteiger partial charge on any atom is -0.477 e. The number of benzene rings is 1. The Labute approximate surface area is 178 Å². The van der Waals surface area contributed by atoms with Crippen LogP contribution >= 0.6 is 0 Å². The normalized spacial score (nSPS) is 23.1. The lowest BCUT2D eigenvalue weighted by Crippen LogP contribution is -2.50. The highest BCUT2D eigenvalue weighted by molar-refractivity contribution is 5.74. The number of carbonyl (C=O) groups is 1. The molecule has 4 heterocycles. The largest absolute Gasteiger partial charge is 0.477 e. The second-order valence-corrected chi connectivity index (χ2v) is 8.04. The number of halogens is 1. The van der Waals surface area contributed by atoms with Crippen molar-refractivity contribution < 1.29 is 23.1 Å². The third-order valence-electron chi connectivity index (χ3n) is 6.10. The van der Waals surface area contributed by atoms with Gasteiger partial charge in [0, 0.05) is 30.7 Å². The first-order valence-electron chi connectivity index (χ1n) is 10.4. The third kappa shape index (κ3) is 4.05. The molecule has 5 rings (SSSR count). The Kier molecular flexibility index (Phi) is 5.19. The van der Waals surface area contributed by atoms with Gasteiger partial charge in [0.2, 0.25) is 5.71 Å². The molecule has 2 aromatic heterocycles. The van der Waals surface area contributed by atoms with Crippen LogP contribution in [-0.2, 0) is 6.54 Å². The summed E-state index contributed by atoms with van der Waals surface area (Å²) in [6, 6.07) is 9.09. The highest BCUT2D eigenvalue weighted by atomic mass is 19.1. The standard InChI is InChI=1S/C22H23FN4O4/c1-29-20-21(25-18-8-9-30-19(18)26-20)31-22(28)24-15-10-16-6-7-17(11-15)27(16)12-13-2-4-14(23)5-3-13/h2-5,8-9,15-17H,6-7,10-12H2,1H3,(H,24,28). The van der Waals surface area contributed by atoms with Gasteiger partial charge in [-0.3, -0.25) is 4.90 Å². The minimum atomic E-state index is -0.577. The topological polar surface area (TPSA) is 89.7 Å². The first-order chi connectivity index (χ1) is 15.1. The average molecular weight is 426 g/mol. The molecule has 0 aliphatic carbocycles. The molecule has 1 aromatic carbocycles. The molecule has 2 atom stereocenters. The number of furan rings is 1. The number of methoxy groups -OCH3 is 1. The zero-order valence-electron chi connectivity index (χ0n) is 17.1. The van der Waals surface area contributed by atoms with Crippen molar-refractivity contribution in [2.45, 2.75) is 50.4 Å². The van der Waals surface area contributed by atoms with Gasteiger partial charge >= 0.3 is 6.09 Å². The molecule has 31 heavy (non-hydrogen) atoms. The van der Waals surface area contributed by atoms with Crippen molar-refractivity contribution in [3.05, 3.63) is 48.0 Å². The number of fused-ring (bicyclic) bond motifs is 3. The maximum absolute atomic E-state index is 13.2. The fourth-order valence-corrected chi connectivity index (χ4v) is 4.69. The average Bonchev–Trinajstić information content (AvgIpc) is 3.29. The summed E-state index contributed by atoms with van der Waals surface area (Å²) in [6.45, 7) is 0.796. The Morgan fingerprint density at radius 2 is 1.90 bits per heavy atom. The van der Waals surface area contributed by atoms with Gasteiger partial charge in [-0.2, -0.15) is 4.98 Å². The maximum Gasteiger partial charge on any atom is 0.414 e. The lowest BCUT2D eigenvalue weighted by atomic mass is 9.96. The predicted molar refractivity (Wildman–Crippen MR) is 109 cm³/mol. The van der Waals surface area contributed by atoms with Crippen LogP contribution in [0.25, 0.3) is 11.2 Å². The molecule has 2 aliphatic heterocycles. The van der Waals surface area contributed by atoms with Crippen LogP contribution < -0.4 is 14.8 Å². The van der Waals surface area contributed by atoms with Crippen molar-refractivity contribution in [1.29, 1.82) is 0 Å². The molecule has 2 bridgehead atoms. The smallest absolute Gasteiger partial charge is 0.414 e.